The molecule has 1 aromatic carbocycles. The van der Waals surface area contributed by atoms with Gasteiger partial charge in [-0.1, -0.05) is 0 Å². The Balaban J connectivity index is 2.96. The van der Waals surface area contributed by atoms with Crippen LogP contribution in [-0.4, -0.2) is 28.5 Å². The summed E-state index contributed by atoms with van der Waals surface area (Å²) in [5.41, 5.74) is 5.08. The summed E-state index contributed by atoms with van der Waals surface area (Å²) in [5.74, 6) is -1.78. The molecule has 0 aliphatic carbocycles. The Labute approximate surface area is 113 Å². The van der Waals surface area contributed by atoms with Crippen molar-refractivity contribution in [2.75, 3.05) is 6.61 Å². The SMILES string of the molecule is NC(=O)CCOc1cc(C=CC(=O)O)ccc1[N+](=O)[O-]. The van der Waals surface area contributed by atoms with Gasteiger partial charge in [-0.3, -0.25) is 14.9 Å². The number of hydrogen-bond acceptors (Lipinski definition) is 5. The lowest BCUT2D eigenvalue weighted by Crippen LogP contribution is -2.14. The van der Waals surface area contributed by atoms with Crippen molar-refractivity contribution in [1.29, 1.82) is 0 Å². The van der Waals surface area contributed by atoms with Gasteiger partial charge in [-0.05, 0) is 23.8 Å². The molecule has 0 fully saturated rings. The summed E-state index contributed by atoms with van der Waals surface area (Å²) >= 11 is 0. The molecular formula is C12H12N2O6. The van der Waals surface area contributed by atoms with E-state index in [0.29, 0.717) is 5.56 Å². The zero-order valence-electron chi connectivity index (χ0n) is 10.3. The number of nitrogens with zero attached hydrogens (tertiary/aromatic N) is 1. The van der Waals surface area contributed by atoms with Gasteiger partial charge in [-0.15, -0.1) is 0 Å². The van der Waals surface area contributed by atoms with Crippen molar-refractivity contribution < 1.29 is 24.4 Å². The van der Waals surface area contributed by atoms with Gasteiger partial charge in [0.15, 0.2) is 5.75 Å². The highest BCUT2D eigenvalue weighted by molar-refractivity contribution is 5.85. The van der Waals surface area contributed by atoms with E-state index >= 15 is 0 Å². The van der Waals surface area contributed by atoms with Crippen molar-refractivity contribution in [2.45, 2.75) is 6.42 Å². The van der Waals surface area contributed by atoms with Crippen LogP contribution in [0.3, 0.4) is 0 Å². The highest BCUT2D eigenvalue weighted by atomic mass is 16.6. The Hall–Kier alpha value is -2.90. The number of hydrogen-bond donors (Lipinski definition) is 2. The molecule has 1 amide bonds. The molecule has 0 aliphatic rings. The number of nitro groups is 1. The molecule has 8 heteroatoms. The second kappa shape index (κ2) is 6.88. The van der Waals surface area contributed by atoms with E-state index in [1.54, 1.807) is 0 Å². The Morgan fingerprint density at radius 2 is 2.15 bits per heavy atom. The van der Waals surface area contributed by atoms with Crippen LogP contribution in [0.25, 0.3) is 6.08 Å². The molecule has 106 valence electrons. The number of amides is 1. The molecule has 0 bridgehead atoms. The second-order valence-corrected chi connectivity index (χ2v) is 3.72. The van der Waals surface area contributed by atoms with E-state index in [0.717, 1.165) is 6.08 Å². The number of nitrogens with two attached hydrogens (primary N) is 1. The molecule has 0 spiro atoms. The Morgan fingerprint density at radius 3 is 2.70 bits per heavy atom. The largest absolute Gasteiger partial charge is 0.486 e. The van der Waals surface area contributed by atoms with Crippen LogP contribution in [0.15, 0.2) is 24.3 Å². The van der Waals surface area contributed by atoms with E-state index in [1.165, 1.54) is 24.3 Å². The number of rotatable bonds is 7. The van der Waals surface area contributed by atoms with Crippen molar-refractivity contribution in [3.8, 4) is 5.75 Å². The first kappa shape index (κ1) is 15.2. The van der Waals surface area contributed by atoms with E-state index in [9.17, 15) is 19.7 Å². The molecule has 0 saturated carbocycles. The van der Waals surface area contributed by atoms with Gasteiger partial charge in [0.1, 0.15) is 0 Å². The summed E-state index contributed by atoms with van der Waals surface area (Å²) < 4.78 is 5.13. The van der Waals surface area contributed by atoms with Crippen LogP contribution in [-0.2, 0) is 9.59 Å². The average Bonchev–Trinajstić information content (AvgIpc) is 2.35. The first-order valence-electron chi connectivity index (χ1n) is 5.50. The average molecular weight is 280 g/mol. The minimum absolute atomic E-state index is 0.0520. The lowest BCUT2D eigenvalue weighted by atomic mass is 10.1. The summed E-state index contributed by atoms with van der Waals surface area (Å²) in [4.78, 5) is 31.2. The normalized spacial score (nSPS) is 10.4. The van der Waals surface area contributed by atoms with Crippen molar-refractivity contribution in [3.05, 3.63) is 40.0 Å². The van der Waals surface area contributed by atoms with Crippen molar-refractivity contribution in [2.24, 2.45) is 5.73 Å². The third-order valence-corrected chi connectivity index (χ3v) is 2.20. The maximum Gasteiger partial charge on any atom is 0.328 e. The van der Waals surface area contributed by atoms with Gasteiger partial charge in [-0.2, -0.15) is 0 Å². The minimum Gasteiger partial charge on any atom is -0.486 e. The molecule has 0 radical (unpaired) electrons. The summed E-state index contributed by atoms with van der Waals surface area (Å²) in [5, 5.41) is 19.3. The molecule has 3 N–H and O–H groups in total. The fourth-order valence-corrected chi connectivity index (χ4v) is 1.33. The molecule has 0 unspecified atom stereocenters. The summed E-state index contributed by atoms with van der Waals surface area (Å²) in [6.45, 7) is -0.0950. The van der Waals surface area contributed by atoms with Crippen LogP contribution >= 0.6 is 0 Å². The Bertz CT molecular complexity index is 567. The zero-order chi connectivity index (χ0) is 15.1. The highest BCUT2D eigenvalue weighted by Crippen LogP contribution is 2.28. The number of carbonyl (C=O) groups excluding carboxylic acids is 1. The maximum absolute atomic E-state index is 10.8. The Morgan fingerprint density at radius 1 is 1.45 bits per heavy atom. The lowest BCUT2D eigenvalue weighted by molar-refractivity contribution is -0.385. The molecule has 0 aromatic heterocycles. The van der Waals surface area contributed by atoms with Crippen molar-refractivity contribution in [3.63, 3.8) is 0 Å². The number of carbonyl (C=O) groups is 2. The number of nitro benzene ring substituents is 1. The standard InChI is InChI=1S/C12H12N2O6/c13-11(15)5-6-20-10-7-8(2-4-12(16)17)1-3-9(10)14(18)19/h1-4,7H,5-6H2,(H2,13,15)(H,16,17). The third kappa shape index (κ3) is 4.77. The maximum atomic E-state index is 10.8. The summed E-state index contributed by atoms with van der Waals surface area (Å²) in [7, 11) is 0. The quantitative estimate of drug-likeness (QED) is 0.434. The van der Waals surface area contributed by atoms with Gasteiger partial charge in [-0.25, -0.2) is 4.79 Å². The van der Waals surface area contributed by atoms with Crippen molar-refractivity contribution in [1.82, 2.24) is 0 Å². The number of primary amides is 1. The zero-order valence-corrected chi connectivity index (χ0v) is 10.3. The van der Waals surface area contributed by atoms with Gasteiger partial charge in [0.05, 0.1) is 18.0 Å². The smallest absolute Gasteiger partial charge is 0.328 e. The molecule has 1 aromatic rings. The van der Waals surface area contributed by atoms with Crippen LogP contribution in [0.2, 0.25) is 0 Å². The van der Waals surface area contributed by atoms with Crippen LogP contribution in [0.4, 0.5) is 5.69 Å². The van der Waals surface area contributed by atoms with Crippen LogP contribution in [0.5, 0.6) is 5.75 Å². The number of ether oxygens (including phenoxy) is 1. The molecule has 20 heavy (non-hydrogen) atoms. The highest BCUT2D eigenvalue weighted by Gasteiger charge is 2.15. The van der Waals surface area contributed by atoms with Gasteiger partial charge in [0.25, 0.3) is 0 Å². The minimum atomic E-state index is -1.14. The number of carboxylic acid groups (broad SMARTS) is 1. The monoisotopic (exact) mass is 280 g/mol. The topological polar surface area (TPSA) is 133 Å². The van der Waals surface area contributed by atoms with Gasteiger partial charge in [0, 0.05) is 12.1 Å². The molecule has 0 aliphatic heterocycles. The summed E-state index contributed by atoms with van der Waals surface area (Å²) in [6, 6.07) is 3.90. The van der Waals surface area contributed by atoms with Crippen LogP contribution in [0, 0.1) is 10.1 Å². The first-order chi connectivity index (χ1) is 9.40. The summed E-state index contributed by atoms with van der Waals surface area (Å²) in [6.07, 6.45) is 2.09. The number of benzene rings is 1. The van der Waals surface area contributed by atoms with E-state index in [-0.39, 0.29) is 24.5 Å². The predicted molar refractivity (Wildman–Crippen MR) is 69.1 cm³/mol. The lowest BCUT2D eigenvalue weighted by Gasteiger charge is -2.06. The molecule has 0 saturated heterocycles. The van der Waals surface area contributed by atoms with E-state index in [2.05, 4.69) is 0 Å². The van der Waals surface area contributed by atoms with Crippen LogP contribution in [0.1, 0.15) is 12.0 Å². The first-order valence-corrected chi connectivity index (χ1v) is 5.50. The van der Waals surface area contributed by atoms with Gasteiger partial charge >= 0.3 is 11.7 Å². The molecule has 1 rings (SSSR count). The molecule has 8 nitrogen and oxygen atoms in total. The van der Waals surface area contributed by atoms with Crippen molar-refractivity contribution >= 4 is 23.6 Å². The fraction of sp³-hybridized carbons (Fsp3) is 0.167. The molecular weight excluding hydrogens is 268 g/mol. The van der Waals surface area contributed by atoms with E-state index in [1.807, 2.05) is 0 Å². The van der Waals surface area contributed by atoms with E-state index < -0.39 is 16.8 Å². The van der Waals surface area contributed by atoms with E-state index in [4.69, 9.17) is 15.6 Å². The number of aliphatic carboxylic acids is 1. The molecule has 0 atom stereocenters. The fourth-order valence-electron chi connectivity index (χ4n) is 1.33. The molecule has 0 heterocycles. The van der Waals surface area contributed by atoms with Gasteiger partial charge in [0.2, 0.25) is 5.91 Å². The van der Waals surface area contributed by atoms with Crippen LogP contribution < -0.4 is 10.5 Å². The number of carboxylic acids is 1. The second-order valence-electron chi connectivity index (χ2n) is 3.72. The van der Waals surface area contributed by atoms with Gasteiger partial charge < -0.3 is 15.6 Å². The Kier molecular flexibility index (Phi) is 5.21. The predicted octanol–water partition coefficient (Wildman–Crippen LogP) is 0.947. The third-order valence-electron chi connectivity index (χ3n) is 2.20.